The number of rotatable bonds is 6. The van der Waals surface area contributed by atoms with E-state index in [0.717, 1.165) is 5.56 Å². The van der Waals surface area contributed by atoms with Crippen molar-refractivity contribution in [2.24, 2.45) is 0 Å². The van der Waals surface area contributed by atoms with Crippen LogP contribution in [0.3, 0.4) is 0 Å². The zero-order valence-corrected chi connectivity index (χ0v) is 18.2. The van der Waals surface area contributed by atoms with E-state index in [1.807, 2.05) is 42.5 Å². The minimum atomic E-state index is -0.413. The number of methoxy groups -OCH3 is 1. The van der Waals surface area contributed by atoms with E-state index < -0.39 is 6.03 Å². The first-order chi connectivity index (χ1) is 16.0. The number of carbonyl (C=O) groups is 3. The fourth-order valence-electron chi connectivity index (χ4n) is 3.61. The summed E-state index contributed by atoms with van der Waals surface area (Å²) in [5.74, 6) is 0.0624. The summed E-state index contributed by atoms with van der Waals surface area (Å²) in [5.41, 5.74) is 2.59. The van der Waals surface area contributed by atoms with E-state index >= 15 is 0 Å². The third-order valence-corrected chi connectivity index (χ3v) is 5.25. The van der Waals surface area contributed by atoms with Crippen molar-refractivity contribution < 1.29 is 19.1 Å². The minimum absolute atomic E-state index is 0.145. The van der Waals surface area contributed by atoms with E-state index in [0.29, 0.717) is 29.4 Å². The molecule has 0 saturated carbocycles. The summed E-state index contributed by atoms with van der Waals surface area (Å²) in [4.78, 5) is 41.2. The van der Waals surface area contributed by atoms with Gasteiger partial charge in [0.15, 0.2) is 0 Å². The molecule has 0 aromatic heterocycles. The highest BCUT2D eigenvalue weighted by atomic mass is 16.5. The van der Waals surface area contributed by atoms with Crippen LogP contribution in [0.1, 0.15) is 5.56 Å². The molecule has 0 unspecified atom stereocenters. The fourth-order valence-corrected chi connectivity index (χ4v) is 3.61. The van der Waals surface area contributed by atoms with Crippen LogP contribution < -0.4 is 25.2 Å². The molecule has 0 bridgehead atoms. The van der Waals surface area contributed by atoms with Gasteiger partial charge in [0.25, 0.3) is 0 Å². The van der Waals surface area contributed by atoms with Crippen LogP contribution in [0.25, 0.3) is 0 Å². The highest BCUT2D eigenvalue weighted by molar-refractivity contribution is 6.14. The molecular weight excluding hydrogens is 420 g/mol. The molecule has 1 aliphatic rings. The first-order valence-corrected chi connectivity index (χ1v) is 10.5. The van der Waals surface area contributed by atoms with Crippen LogP contribution in [0.4, 0.5) is 21.9 Å². The number of benzene rings is 3. The van der Waals surface area contributed by atoms with Crippen LogP contribution in [0.15, 0.2) is 78.9 Å². The lowest BCUT2D eigenvalue weighted by atomic mass is 10.1. The van der Waals surface area contributed by atoms with Crippen molar-refractivity contribution in [1.29, 1.82) is 0 Å². The average molecular weight is 444 g/mol. The average Bonchev–Trinajstić information content (AvgIpc) is 2.85. The topological polar surface area (TPSA) is 91.0 Å². The molecule has 0 radical (unpaired) electrons. The summed E-state index contributed by atoms with van der Waals surface area (Å²) in [5, 5.41) is 5.64. The number of anilines is 3. The van der Waals surface area contributed by atoms with Gasteiger partial charge in [0.1, 0.15) is 18.8 Å². The van der Waals surface area contributed by atoms with Gasteiger partial charge in [0.05, 0.1) is 18.5 Å². The van der Waals surface area contributed by atoms with Crippen LogP contribution in [0.5, 0.6) is 5.75 Å². The Hall–Kier alpha value is -4.33. The number of ether oxygens (including phenoxy) is 1. The van der Waals surface area contributed by atoms with E-state index in [1.165, 1.54) is 9.80 Å². The van der Waals surface area contributed by atoms with Gasteiger partial charge in [-0.15, -0.1) is 0 Å². The molecule has 8 nitrogen and oxygen atoms in total. The predicted octanol–water partition coefficient (Wildman–Crippen LogP) is 3.40. The number of urea groups is 1. The molecule has 0 saturated heterocycles. The van der Waals surface area contributed by atoms with E-state index in [-0.39, 0.29) is 24.9 Å². The summed E-state index contributed by atoms with van der Waals surface area (Å²) < 4.78 is 5.20. The Balaban J connectivity index is 1.46. The third kappa shape index (κ3) is 5.12. The maximum absolute atomic E-state index is 12.9. The Bertz CT molecular complexity index is 1170. The number of para-hydroxylation sites is 3. The Labute approximate surface area is 191 Å². The Kier molecular flexibility index (Phi) is 6.54. The van der Waals surface area contributed by atoms with Crippen molar-refractivity contribution in [2.75, 3.05) is 35.3 Å². The summed E-state index contributed by atoms with van der Waals surface area (Å²) in [7, 11) is 1.58. The van der Waals surface area contributed by atoms with Crippen molar-refractivity contribution in [3.05, 3.63) is 84.4 Å². The standard InChI is InChI=1S/C25H24N4O4/c1-33-20-11-7-8-18(14-20)15-26-23(30)16-28-21-12-5-6-13-22(21)29(17-24(28)31)25(32)27-19-9-3-2-4-10-19/h2-14H,15-17H2,1H3,(H,26,30)(H,27,32). The molecule has 8 heteroatoms. The van der Waals surface area contributed by atoms with Gasteiger partial charge in [0.2, 0.25) is 11.8 Å². The number of hydrogen-bond donors (Lipinski definition) is 2. The van der Waals surface area contributed by atoms with Crippen molar-refractivity contribution in [2.45, 2.75) is 6.54 Å². The largest absolute Gasteiger partial charge is 0.497 e. The molecule has 0 spiro atoms. The number of fused-ring (bicyclic) bond motifs is 1. The van der Waals surface area contributed by atoms with Crippen molar-refractivity contribution >= 4 is 34.9 Å². The van der Waals surface area contributed by atoms with Gasteiger partial charge < -0.3 is 15.4 Å². The molecule has 1 heterocycles. The number of carbonyl (C=O) groups excluding carboxylic acids is 3. The van der Waals surface area contributed by atoms with Crippen LogP contribution in [0, 0.1) is 0 Å². The molecule has 33 heavy (non-hydrogen) atoms. The second kappa shape index (κ2) is 9.86. The molecule has 0 aliphatic carbocycles. The summed E-state index contributed by atoms with van der Waals surface area (Å²) >= 11 is 0. The second-order valence-corrected chi connectivity index (χ2v) is 7.48. The quantitative estimate of drug-likeness (QED) is 0.610. The van der Waals surface area contributed by atoms with Gasteiger partial charge >= 0.3 is 6.03 Å². The Morgan fingerprint density at radius 1 is 0.939 bits per heavy atom. The van der Waals surface area contributed by atoms with Gasteiger partial charge in [-0.05, 0) is 42.0 Å². The first-order valence-electron chi connectivity index (χ1n) is 10.5. The van der Waals surface area contributed by atoms with E-state index in [1.54, 1.807) is 43.5 Å². The number of nitrogens with one attached hydrogen (secondary N) is 2. The third-order valence-electron chi connectivity index (χ3n) is 5.25. The van der Waals surface area contributed by atoms with Crippen molar-refractivity contribution in [1.82, 2.24) is 5.32 Å². The SMILES string of the molecule is COc1cccc(CNC(=O)CN2C(=O)CN(C(=O)Nc3ccccc3)c3ccccc32)c1. The summed E-state index contributed by atoms with van der Waals surface area (Å²) in [6.45, 7) is -0.00186. The second-order valence-electron chi connectivity index (χ2n) is 7.48. The normalized spacial score (nSPS) is 12.7. The Morgan fingerprint density at radius 3 is 2.42 bits per heavy atom. The summed E-state index contributed by atoms with van der Waals surface area (Å²) in [6.07, 6.45) is 0. The van der Waals surface area contributed by atoms with Crippen LogP contribution >= 0.6 is 0 Å². The van der Waals surface area contributed by atoms with Crippen LogP contribution in [0.2, 0.25) is 0 Å². The van der Waals surface area contributed by atoms with Crippen LogP contribution in [-0.4, -0.2) is 38.0 Å². The van der Waals surface area contributed by atoms with Gasteiger partial charge in [0, 0.05) is 12.2 Å². The lowest BCUT2D eigenvalue weighted by Crippen LogP contribution is -2.51. The smallest absolute Gasteiger partial charge is 0.326 e. The molecular formula is C25H24N4O4. The van der Waals surface area contributed by atoms with Gasteiger partial charge in [-0.25, -0.2) is 4.79 Å². The molecule has 3 aromatic carbocycles. The van der Waals surface area contributed by atoms with Crippen LogP contribution in [-0.2, 0) is 16.1 Å². The maximum Gasteiger partial charge on any atom is 0.326 e. The van der Waals surface area contributed by atoms with Gasteiger partial charge in [-0.1, -0.05) is 42.5 Å². The number of hydrogen-bond acceptors (Lipinski definition) is 4. The maximum atomic E-state index is 12.9. The van der Waals surface area contributed by atoms with E-state index in [4.69, 9.17) is 4.74 Å². The number of nitrogens with zero attached hydrogens (tertiary/aromatic N) is 2. The fraction of sp³-hybridized carbons (Fsp3) is 0.160. The molecule has 3 aromatic rings. The highest BCUT2D eigenvalue weighted by Crippen LogP contribution is 2.33. The lowest BCUT2D eigenvalue weighted by molar-refractivity contribution is -0.123. The zero-order valence-electron chi connectivity index (χ0n) is 18.2. The summed E-state index contributed by atoms with van der Waals surface area (Å²) in [6, 6.07) is 23.1. The van der Waals surface area contributed by atoms with E-state index in [2.05, 4.69) is 10.6 Å². The highest BCUT2D eigenvalue weighted by Gasteiger charge is 2.33. The molecule has 4 amide bonds. The monoisotopic (exact) mass is 444 g/mol. The molecule has 0 atom stereocenters. The molecule has 2 N–H and O–H groups in total. The Morgan fingerprint density at radius 2 is 1.67 bits per heavy atom. The minimum Gasteiger partial charge on any atom is -0.497 e. The zero-order chi connectivity index (χ0) is 23.2. The molecule has 168 valence electrons. The van der Waals surface area contributed by atoms with E-state index in [9.17, 15) is 14.4 Å². The van der Waals surface area contributed by atoms with Gasteiger partial charge in [-0.3, -0.25) is 19.4 Å². The predicted molar refractivity (Wildman–Crippen MR) is 126 cm³/mol. The molecule has 1 aliphatic heterocycles. The van der Waals surface area contributed by atoms with Gasteiger partial charge in [-0.2, -0.15) is 0 Å². The number of amides is 4. The lowest BCUT2D eigenvalue weighted by Gasteiger charge is -2.35. The molecule has 0 fully saturated rings. The first kappa shape index (κ1) is 21.9. The van der Waals surface area contributed by atoms with Crippen molar-refractivity contribution in [3.8, 4) is 5.75 Å². The molecule has 4 rings (SSSR count). The van der Waals surface area contributed by atoms with Crippen molar-refractivity contribution in [3.63, 3.8) is 0 Å².